The van der Waals surface area contributed by atoms with E-state index in [1.54, 1.807) is 12.1 Å². The van der Waals surface area contributed by atoms with Gasteiger partial charge in [0, 0.05) is 0 Å². The molecule has 2 rings (SSSR count). The van der Waals surface area contributed by atoms with Crippen LogP contribution in [-0.2, 0) is 0 Å². The van der Waals surface area contributed by atoms with Crippen molar-refractivity contribution in [3.63, 3.8) is 0 Å². The van der Waals surface area contributed by atoms with Gasteiger partial charge in [-0.05, 0) is 37.1 Å². The Morgan fingerprint density at radius 2 is 1.27 bits per heavy atom. The lowest BCUT2D eigenvalue weighted by Crippen LogP contribution is -1.82. The molecule has 0 spiro atoms. The lowest BCUT2D eigenvalue weighted by molar-refractivity contribution is 0.475. The van der Waals surface area contributed by atoms with Crippen LogP contribution in [-0.4, -0.2) is 5.11 Å². The molecule has 0 saturated heterocycles. The van der Waals surface area contributed by atoms with Crippen molar-refractivity contribution >= 4 is 0 Å². The van der Waals surface area contributed by atoms with Crippen LogP contribution in [0.15, 0.2) is 42.5 Å². The first-order valence-electron chi connectivity index (χ1n) is 5.03. The van der Waals surface area contributed by atoms with Gasteiger partial charge in [-0.2, -0.15) is 0 Å². The highest BCUT2D eigenvalue weighted by atomic mass is 16.3. The Morgan fingerprint density at radius 3 is 1.80 bits per heavy atom. The molecular formula is C14H14O. The molecule has 0 amide bonds. The smallest absolute Gasteiger partial charge is 0.115 e. The van der Waals surface area contributed by atoms with Crippen molar-refractivity contribution in [3.05, 3.63) is 53.6 Å². The molecule has 1 heteroatoms. The Bertz CT molecular complexity index is 449. The van der Waals surface area contributed by atoms with Gasteiger partial charge in [-0.3, -0.25) is 0 Å². The first-order chi connectivity index (χ1) is 7.15. The third kappa shape index (κ3) is 2.18. The van der Waals surface area contributed by atoms with E-state index in [4.69, 9.17) is 0 Å². The summed E-state index contributed by atoms with van der Waals surface area (Å²) in [5, 5.41) is 9.21. The zero-order valence-corrected chi connectivity index (χ0v) is 8.99. The number of hydrogen-bond donors (Lipinski definition) is 1. The number of phenols is 1. The summed E-state index contributed by atoms with van der Waals surface area (Å²) in [6, 6.07) is 13.8. The van der Waals surface area contributed by atoms with Gasteiger partial charge in [-0.25, -0.2) is 0 Å². The molecule has 76 valence electrons. The summed E-state index contributed by atoms with van der Waals surface area (Å²) in [6.07, 6.45) is 0. The monoisotopic (exact) mass is 198 g/mol. The molecule has 0 unspecified atom stereocenters. The van der Waals surface area contributed by atoms with Crippen LogP contribution >= 0.6 is 0 Å². The van der Waals surface area contributed by atoms with E-state index in [0.29, 0.717) is 5.75 Å². The second-order valence-electron chi connectivity index (χ2n) is 3.92. The summed E-state index contributed by atoms with van der Waals surface area (Å²) in [4.78, 5) is 0. The molecule has 0 atom stereocenters. The highest BCUT2D eigenvalue weighted by Crippen LogP contribution is 2.23. The van der Waals surface area contributed by atoms with Gasteiger partial charge < -0.3 is 5.11 Å². The van der Waals surface area contributed by atoms with Crippen LogP contribution in [0.25, 0.3) is 11.1 Å². The number of hydrogen-bond acceptors (Lipinski definition) is 1. The third-order valence-electron chi connectivity index (χ3n) is 2.42. The van der Waals surface area contributed by atoms with E-state index >= 15 is 0 Å². The molecule has 2 aromatic rings. The Morgan fingerprint density at radius 1 is 0.733 bits per heavy atom. The summed E-state index contributed by atoms with van der Waals surface area (Å²) in [7, 11) is 0. The quantitative estimate of drug-likeness (QED) is 0.741. The maximum Gasteiger partial charge on any atom is 0.115 e. The fourth-order valence-corrected chi connectivity index (χ4v) is 1.80. The number of benzene rings is 2. The van der Waals surface area contributed by atoms with Gasteiger partial charge in [-0.1, -0.05) is 41.5 Å². The normalized spacial score (nSPS) is 10.3. The highest BCUT2D eigenvalue weighted by molar-refractivity contribution is 5.65. The molecule has 0 saturated carbocycles. The number of aryl methyl sites for hydroxylation is 2. The van der Waals surface area contributed by atoms with E-state index in [1.807, 2.05) is 12.1 Å². The van der Waals surface area contributed by atoms with E-state index in [1.165, 1.54) is 16.7 Å². The molecule has 0 bridgehead atoms. The van der Waals surface area contributed by atoms with Crippen molar-refractivity contribution in [3.8, 4) is 16.9 Å². The third-order valence-corrected chi connectivity index (χ3v) is 2.42. The van der Waals surface area contributed by atoms with Gasteiger partial charge in [0.1, 0.15) is 5.75 Å². The maximum absolute atomic E-state index is 9.21. The molecular weight excluding hydrogens is 184 g/mol. The van der Waals surface area contributed by atoms with Crippen molar-refractivity contribution in [1.82, 2.24) is 0 Å². The topological polar surface area (TPSA) is 20.2 Å². The van der Waals surface area contributed by atoms with Crippen LogP contribution in [0.4, 0.5) is 0 Å². The van der Waals surface area contributed by atoms with E-state index in [-0.39, 0.29) is 0 Å². The summed E-state index contributed by atoms with van der Waals surface area (Å²) in [6.45, 7) is 4.19. The largest absolute Gasteiger partial charge is 0.508 e. The number of aromatic hydroxyl groups is 1. The van der Waals surface area contributed by atoms with Gasteiger partial charge >= 0.3 is 0 Å². The summed E-state index contributed by atoms with van der Waals surface area (Å²) < 4.78 is 0. The van der Waals surface area contributed by atoms with Crippen molar-refractivity contribution in [2.24, 2.45) is 0 Å². The highest BCUT2D eigenvalue weighted by Gasteiger charge is 1.99. The van der Waals surface area contributed by atoms with Gasteiger partial charge in [0.2, 0.25) is 0 Å². The first-order valence-corrected chi connectivity index (χ1v) is 5.03. The van der Waals surface area contributed by atoms with Crippen molar-refractivity contribution < 1.29 is 5.11 Å². The second-order valence-corrected chi connectivity index (χ2v) is 3.92. The summed E-state index contributed by atoms with van der Waals surface area (Å²) in [5.74, 6) is 0.308. The zero-order valence-electron chi connectivity index (χ0n) is 8.99. The van der Waals surface area contributed by atoms with Crippen molar-refractivity contribution in [1.29, 1.82) is 0 Å². The molecule has 0 aromatic heterocycles. The van der Waals surface area contributed by atoms with Crippen LogP contribution in [0, 0.1) is 13.8 Å². The Kier molecular flexibility index (Phi) is 2.46. The predicted octanol–water partition coefficient (Wildman–Crippen LogP) is 3.68. The Balaban J connectivity index is 2.49. The number of rotatable bonds is 1. The minimum atomic E-state index is 0.308. The van der Waals surface area contributed by atoms with Gasteiger partial charge in [-0.15, -0.1) is 0 Å². The maximum atomic E-state index is 9.21. The summed E-state index contributed by atoms with van der Waals surface area (Å²) >= 11 is 0. The molecule has 1 N–H and O–H groups in total. The fraction of sp³-hybridized carbons (Fsp3) is 0.143. The molecule has 1 nitrogen and oxygen atoms in total. The van der Waals surface area contributed by atoms with Gasteiger partial charge in [0.15, 0.2) is 0 Å². The molecule has 0 fully saturated rings. The lowest BCUT2D eigenvalue weighted by Gasteiger charge is -2.05. The molecule has 15 heavy (non-hydrogen) atoms. The van der Waals surface area contributed by atoms with Crippen molar-refractivity contribution in [2.45, 2.75) is 13.8 Å². The van der Waals surface area contributed by atoms with E-state index in [2.05, 4.69) is 32.0 Å². The van der Waals surface area contributed by atoms with E-state index < -0.39 is 0 Å². The second kappa shape index (κ2) is 3.77. The SMILES string of the molecule is Cc1cc(C)cc(-c2ccc(O)cc2)c1. The molecule has 2 aromatic carbocycles. The summed E-state index contributed by atoms with van der Waals surface area (Å²) in [5.41, 5.74) is 4.86. The lowest BCUT2D eigenvalue weighted by atomic mass is 10.0. The van der Waals surface area contributed by atoms with E-state index in [0.717, 1.165) is 5.56 Å². The first kappa shape index (κ1) is 9.78. The average Bonchev–Trinajstić information content (AvgIpc) is 2.17. The zero-order chi connectivity index (χ0) is 10.8. The molecule has 0 aliphatic carbocycles. The molecule has 0 heterocycles. The Labute approximate surface area is 90.0 Å². The van der Waals surface area contributed by atoms with Crippen LogP contribution in [0.5, 0.6) is 5.75 Å². The minimum Gasteiger partial charge on any atom is -0.508 e. The number of phenolic OH excluding ortho intramolecular Hbond substituents is 1. The standard InChI is InChI=1S/C14H14O/c1-10-7-11(2)9-13(8-10)12-3-5-14(15)6-4-12/h3-9,15H,1-2H3. The van der Waals surface area contributed by atoms with Crippen LogP contribution in [0.2, 0.25) is 0 Å². The predicted molar refractivity (Wildman–Crippen MR) is 63.0 cm³/mol. The van der Waals surface area contributed by atoms with Crippen LogP contribution < -0.4 is 0 Å². The molecule has 0 radical (unpaired) electrons. The molecule has 0 aliphatic rings. The minimum absolute atomic E-state index is 0.308. The Hall–Kier alpha value is -1.76. The molecule has 0 aliphatic heterocycles. The van der Waals surface area contributed by atoms with Gasteiger partial charge in [0.25, 0.3) is 0 Å². The average molecular weight is 198 g/mol. The van der Waals surface area contributed by atoms with E-state index in [9.17, 15) is 5.11 Å². The van der Waals surface area contributed by atoms with Crippen LogP contribution in [0.1, 0.15) is 11.1 Å². The van der Waals surface area contributed by atoms with Crippen LogP contribution in [0.3, 0.4) is 0 Å². The van der Waals surface area contributed by atoms with Crippen molar-refractivity contribution in [2.75, 3.05) is 0 Å². The fourth-order valence-electron chi connectivity index (χ4n) is 1.80. The van der Waals surface area contributed by atoms with Gasteiger partial charge in [0.05, 0.1) is 0 Å².